The van der Waals surface area contributed by atoms with Gasteiger partial charge in [0.25, 0.3) is 0 Å². The minimum Gasteiger partial charge on any atom is -0.253 e. The van der Waals surface area contributed by atoms with Gasteiger partial charge in [0.05, 0.1) is 0 Å². The van der Waals surface area contributed by atoms with Gasteiger partial charge in [-0.05, 0) is 17.7 Å². The molecule has 1 aromatic carbocycles. The molecule has 0 unspecified atom stereocenters. The Labute approximate surface area is 83.7 Å². The van der Waals surface area contributed by atoms with Crippen LogP contribution in [0.4, 0.5) is 4.39 Å². The average molecular weight is 240 g/mol. The predicted molar refractivity (Wildman–Crippen MR) is 54.3 cm³/mol. The first-order valence-electron chi connectivity index (χ1n) is 3.91. The third-order valence-corrected chi connectivity index (χ3v) is 2.56. The van der Waals surface area contributed by atoms with Gasteiger partial charge in [0.2, 0.25) is 0 Å². The zero-order valence-corrected chi connectivity index (χ0v) is 8.38. The maximum absolute atomic E-state index is 13.2. The first kappa shape index (κ1) is 8.63. The second kappa shape index (κ2) is 3.42. The summed E-state index contributed by atoms with van der Waals surface area (Å²) in [6.07, 6.45) is 1.60. The fraction of sp³-hybridized carbons (Fsp3) is 0.100. The molecular formula is C10H7BrFN. The number of fused-ring (bicyclic) bond motifs is 1. The summed E-state index contributed by atoms with van der Waals surface area (Å²) in [5.74, 6) is -0.264. The lowest BCUT2D eigenvalue weighted by Crippen LogP contribution is -1.87. The highest BCUT2D eigenvalue weighted by molar-refractivity contribution is 9.08. The summed E-state index contributed by atoms with van der Waals surface area (Å²) in [4.78, 5) is 3.99. The Hall–Kier alpha value is -0.960. The molecule has 1 nitrogen and oxygen atoms in total. The highest BCUT2D eigenvalue weighted by Gasteiger charge is 2.04. The quantitative estimate of drug-likeness (QED) is 0.697. The molecule has 2 aromatic rings. The van der Waals surface area contributed by atoms with E-state index < -0.39 is 0 Å². The first-order chi connectivity index (χ1) is 6.33. The van der Waals surface area contributed by atoms with Gasteiger partial charge in [-0.2, -0.15) is 0 Å². The number of aromatic nitrogens is 1. The largest absolute Gasteiger partial charge is 0.253 e. The molecule has 66 valence electrons. The van der Waals surface area contributed by atoms with Crippen molar-refractivity contribution >= 4 is 26.8 Å². The van der Waals surface area contributed by atoms with Gasteiger partial charge in [-0.1, -0.05) is 28.1 Å². The van der Waals surface area contributed by atoms with Gasteiger partial charge in [0, 0.05) is 16.9 Å². The van der Waals surface area contributed by atoms with Crippen molar-refractivity contribution in [3.63, 3.8) is 0 Å². The van der Waals surface area contributed by atoms with E-state index in [1.165, 1.54) is 6.07 Å². The van der Waals surface area contributed by atoms with Gasteiger partial charge < -0.3 is 0 Å². The number of alkyl halides is 1. The number of rotatable bonds is 1. The lowest BCUT2D eigenvalue weighted by Gasteiger charge is -2.02. The number of halogens is 2. The van der Waals surface area contributed by atoms with E-state index in [9.17, 15) is 4.39 Å². The van der Waals surface area contributed by atoms with E-state index in [0.717, 1.165) is 16.3 Å². The molecule has 1 aromatic heterocycles. The van der Waals surface area contributed by atoms with E-state index >= 15 is 0 Å². The van der Waals surface area contributed by atoms with Gasteiger partial charge >= 0.3 is 0 Å². The van der Waals surface area contributed by atoms with Crippen LogP contribution in [0.2, 0.25) is 0 Å². The van der Waals surface area contributed by atoms with E-state index in [0.29, 0.717) is 5.52 Å². The van der Waals surface area contributed by atoms with Crippen molar-refractivity contribution in [2.45, 2.75) is 5.33 Å². The van der Waals surface area contributed by atoms with Gasteiger partial charge in [-0.25, -0.2) is 4.39 Å². The summed E-state index contributed by atoms with van der Waals surface area (Å²) in [5.41, 5.74) is 1.50. The summed E-state index contributed by atoms with van der Waals surface area (Å²) in [7, 11) is 0. The van der Waals surface area contributed by atoms with Crippen LogP contribution in [0, 0.1) is 5.82 Å². The molecule has 0 N–H and O–H groups in total. The smallest absolute Gasteiger partial charge is 0.149 e. The van der Waals surface area contributed by atoms with E-state index in [-0.39, 0.29) is 5.82 Å². The summed E-state index contributed by atoms with van der Waals surface area (Å²) in [6.45, 7) is 0. The van der Waals surface area contributed by atoms with Crippen LogP contribution >= 0.6 is 15.9 Å². The molecule has 13 heavy (non-hydrogen) atoms. The molecule has 0 aliphatic heterocycles. The molecule has 0 amide bonds. The van der Waals surface area contributed by atoms with Gasteiger partial charge in [0.1, 0.15) is 11.3 Å². The zero-order valence-electron chi connectivity index (χ0n) is 6.80. The summed E-state index contributed by atoms with van der Waals surface area (Å²) >= 11 is 3.35. The molecule has 0 atom stereocenters. The number of benzene rings is 1. The maximum Gasteiger partial charge on any atom is 0.149 e. The molecule has 2 rings (SSSR count). The summed E-state index contributed by atoms with van der Waals surface area (Å²) < 4.78 is 13.2. The van der Waals surface area contributed by atoms with Crippen LogP contribution in [0.3, 0.4) is 0 Å². The van der Waals surface area contributed by atoms with E-state index in [2.05, 4.69) is 20.9 Å². The highest BCUT2D eigenvalue weighted by atomic mass is 79.9. The lowest BCUT2D eigenvalue weighted by atomic mass is 10.1. The standard InChI is InChI=1S/C10H7BrFN/c11-6-7-3-4-9(12)10-8(7)2-1-5-13-10/h1-5H,6H2. The fourth-order valence-corrected chi connectivity index (χ4v) is 1.80. The van der Waals surface area contributed by atoms with Crippen molar-refractivity contribution in [1.82, 2.24) is 4.98 Å². The third-order valence-electron chi connectivity index (χ3n) is 1.95. The van der Waals surface area contributed by atoms with Crippen molar-refractivity contribution in [3.8, 4) is 0 Å². The Morgan fingerprint density at radius 1 is 1.31 bits per heavy atom. The minimum absolute atomic E-state index is 0.264. The average Bonchev–Trinajstić information content (AvgIpc) is 2.19. The van der Waals surface area contributed by atoms with Crippen LogP contribution in [0.1, 0.15) is 5.56 Å². The number of hydrogen-bond donors (Lipinski definition) is 0. The van der Waals surface area contributed by atoms with Crippen LogP contribution in [0.25, 0.3) is 10.9 Å². The Bertz CT molecular complexity index is 442. The first-order valence-corrected chi connectivity index (χ1v) is 5.03. The van der Waals surface area contributed by atoms with Crippen molar-refractivity contribution in [2.75, 3.05) is 0 Å². The van der Waals surface area contributed by atoms with Crippen molar-refractivity contribution in [1.29, 1.82) is 0 Å². The van der Waals surface area contributed by atoms with Crippen LogP contribution < -0.4 is 0 Å². The normalized spacial score (nSPS) is 10.6. The molecule has 1 heterocycles. The van der Waals surface area contributed by atoms with Gasteiger partial charge in [-0.3, -0.25) is 4.98 Å². The van der Waals surface area contributed by atoms with E-state index in [1.54, 1.807) is 12.3 Å². The SMILES string of the molecule is Fc1ccc(CBr)c2cccnc12. The summed E-state index contributed by atoms with van der Waals surface area (Å²) in [5, 5.41) is 1.59. The zero-order chi connectivity index (χ0) is 9.26. The number of pyridine rings is 1. The molecule has 0 saturated carbocycles. The lowest BCUT2D eigenvalue weighted by molar-refractivity contribution is 0.636. The number of nitrogens with zero attached hydrogens (tertiary/aromatic N) is 1. The van der Waals surface area contributed by atoms with Gasteiger partial charge in [0.15, 0.2) is 0 Å². The second-order valence-electron chi connectivity index (χ2n) is 2.74. The highest BCUT2D eigenvalue weighted by Crippen LogP contribution is 2.21. The molecule has 0 aliphatic carbocycles. The molecule has 0 aliphatic rings. The van der Waals surface area contributed by atoms with Crippen LogP contribution in [-0.4, -0.2) is 4.98 Å². The predicted octanol–water partition coefficient (Wildman–Crippen LogP) is 3.27. The summed E-state index contributed by atoms with van der Waals surface area (Å²) in [6, 6.07) is 6.91. The Kier molecular flexibility index (Phi) is 2.27. The molecule has 0 bridgehead atoms. The van der Waals surface area contributed by atoms with Crippen LogP contribution in [0.5, 0.6) is 0 Å². The fourth-order valence-electron chi connectivity index (χ4n) is 1.31. The van der Waals surface area contributed by atoms with Crippen molar-refractivity contribution < 1.29 is 4.39 Å². The second-order valence-corrected chi connectivity index (χ2v) is 3.30. The maximum atomic E-state index is 13.2. The molecule has 3 heteroatoms. The van der Waals surface area contributed by atoms with E-state index in [1.807, 2.05) is 12.1 Å². The molecule has 0 saturated heterocycles. The molecule has 0 fully saturated rings. The van der Waals surface area contributed by atoms with Gasteiger partial charge in [-0.15, -0.1) is 0 Å². The minimum atomic E-state index is -0.264. The number of hydrogen-bond acceptors (Lipinski definition) is 1. The Morgan fingerprint density at radius 2 is 2.15 bits per heavy atom. The Balaban J connectivity index is 2.84. The Morgan fingerprint density at radius 3 is 2.92 bits per heavy atom. The molecule has 0 radical (unpaired) electrons. The van der Waals surface area contributed by atoms with Crippen LogP contribution in [0.15, 0.2) is 30.5 Å². The monoisotopic (exact) mass is 239 g/mol. The third kappa shape index (κ3) is 1.44. The van der Waals surface area contributed by atoms with Crippen molar-refractivity contribution in [3.05, 3.63) is 41.8 Å². The molecule has 0 spiro atoms. The van der Waals surface area contributed by atoms with E-state index in [4.69, 9.17) is 0 Å². The topological polar surface area (TPSA) is 12.9 Å². The molecular weight excluding hydrogens is 233 g/mol. The van der Waals surface area contributed by atoms with Crippen molar-refractivity contribution in [2.24, 2.45) is 0 Å². The van der Waals surface area contributed by atoms with Crippen LogP contribution in [-0.2, 0) is 5.33 Å².